The summed E-state index contributed by atoms with van der Waals surface area (Å²) in [4.78, 5) is 40.9. The van der Waals surface area contributed by atoms with Gasteiger partial charge in [0.15, 0.2) is 11.9 Å². The van der Waals surface area contributed by atoms with Crippen LogP contribution in [-0.4, -0.2) is 40.0 Å². The molecule has 2 aromatic heterocycles. The van der Waals surface area contributed by atoms with Crippen molar-refractivity contribution in [3.05, 3.63) is 96.7 Å². The summed E-state index contributed by atoms with van der Waals surface area (Å²) in [6.45, 7) is 1.37. The van der Waals surface area contributed by atoms with Crippen LogP contribution in [0.5, 0.6) is 5.75 Å². The number of carbonyl (C=O) groups excluding carboxylic acids is 1. The summed E-state index contributed by atoms with van der Waals surface area (Å²) < 4.78 is 17.0. The van der Waals surface area contributed by atoms with E-state index >= 15 is 0 Å². The quantitative estimate of drug-likeness (QED) is 0.101. The standard InChI is InChI=1S/C27H18Cl2N4O7/c1-14(27(35)38-2)39-24-19(29)9-15(10-21(24)33(36)37)13-30-32-25(31-20-6-4-3-5-18(20)26(32)34)23-12-16-11-17(28)7-8-22(16)40-23/h3-14H,1-2H3/t14-/m0/s1. The van der Waals surface area contributed by atoms with Crippen molar-refractivity contribution in [2.45, 2.75) is 13.0 Å². The Labute approximate surface area is 235 Å². The molecule has 0 radical (unpaired) electrons. The third kappa shape index (κ3) is 5.12. The van der Waals surface area contributed by atoms with Crippen LogP contribution in [-0.2, 0) is 9.53 Å². The van der Waals surface area contributed by atoms with Gasteiger partial charge in [-0.3, -0.25) is 14.9 Å². The number of hydrogen-bond acceptors (Lipinski definition) is 9. The van der Waals surface area contributed by atoms with Gasteiger partial charge in [-0.25, -0.2) is 9.78 Å². The first-order valence-electron chi connectivity index (χ1n) is 11.6. The largest absolute Gasteiger partial charge is 0.471 e. The number of carbonyl (C=O) groups is 1. The molecule has 0 fully saturated rings. The van der Waals surface area contributed by atoms with Crippen LogP contribution in [0.1, 0.15) is 12.5 Å². The number of halogens is 2. The normalized spacial score (nSPS) is 12.2. The van der Waals surface area contributed by atoms with Crippen LogP contribution in [0.4, 0.5) is 5.69 Å². The number of para-hydroxylation sites is 1. The van der Waals surface area contributed by atoms with Crippen molar-refractivity contribution >= 4 is 62.9 Å². The second kappa shape index (κ2) is 10.8. The van der Waals surface area contributed by atoms with Gasteiger partial charge in [0, 0.05) is 22.0 Å². The lowest BCUT2D eigenvalue weighted by molar-refractivity contribution is -0.386. The first kappa shape index (κ1) is 26.9. The van der Waals surface area contributed by atoms with Crippen molar-refractivity contribution in [2.24, 2.45) is 5.10 Å². The summed E-state index contributed by atoms with van der Waals surface area (Å²) in [7, 11) is 1.16. The van der Waals surface area contributed by atoms with Crippen LogP contribution in [0.2, 0.25) is 10.0 Å². The number of hydrogen-bond donors (Lipinski definition) is 0. The molecule has 0 aliphatic carbocycles. The highest BCUT2D eigenvalue weighted by molar-refractivity contribution is 6.32. The van der Waals surface area contributed by atoms with Gasteiger partial charge in [-0.05, 0) is 49.4 Å². The van der Waals surface area contributed by atoms with Gasteiger partial charge in [0.25, 0.3) is 5.56 Å². The molecule has 0 spiro atoms. The predicted molar refractivity (Wildman–Crippen MR) is 149 cm³/mol. The van der Waals surface area contributed by atoms with E-state index in [1.54, 1.807) is 48.5 Å². The number of esters is 1. The highest BCUT2D eigenvalue weighted by atomic mass is 35.5. The van der Waals surface area contributed by atoms with Gasteiger partial charge in [0.05, 0.1) is 34.2 Å². The number of nitrogens with zero attached hydrogens (tertiary/aromatic N) is 4. The summed E-state index contributed by atoms with van der Waals surface area (Å²) in [6, 6.07) is 16.0. The number of benzene rings is 3. The summed E-state index contributed by atoms with van der Waals surface area (Å²) in [6.07, 6.45) is 0.0667. The van der Waals surface area contributed by atoms with Crippen LogP contribution < -0.4 is 10.3 Å². The highest BCUT2D eigenvalue weighted by Crippen LogP contribution is 2.37. The number of nitro groups is 1. The molecule has 1 atom stereocenters. The Morgan fingerprint density at radius 1 is 1.18 bits per heavy atom. The van der Waals surface area contributed by atoms with Gasteiger partial charge in [-0.2, -0.15) is 9.78 Å². The average Bonchev–Trinajstić information content (AvgIpc) is 3.36. The van der Waals surface area contributed by atoms with E-state index in [0.717, 1.165) is 17.9 Å². The van der Waals surface area contributed by atoms with E-state index in [1.807, 2.05) is 0 Å². The van der Waals surface area contributed by atoms with Gasteiger partial charge < -0.3 is 13.9 Å². The maximum atomic E-state index is 13.5. The Morgan fingerprint density at radius 3 is 2.70 bits per heavy atom. The minimum absolute atomic E-state index is 0.0970. The molecule has 5 rings (SSSR count). The van der Waals surface area contributed by atoms with Crippen molar-refractivity contribution in [1.29, 1.82) is 0 Å². The molecule has 3 aromatic carbocycles. The second-order valence-corrected chi connectivity index (χ2v) is 9.34. The smallest absolute Gasteiger partial charge is 0.346 e. The first-order chi connectivity index (χ1) is 19.2. The molecule has 0 saturated heterocycles. The fourth-order valence-electron chi connectivity index (χ4n) is 3.96. The van der Waals surface area contributed by atoms with Crippen LogP contribution in [0.3, 0.4) is 0 Å². The maximum absolute atomic E-state index is 13.5. The number of furan rings is 1. The minimum Gasteiger partial charge on any atom is -0.471 e. The molecular formula is C27H18Cl2N4O7. The van der Waals surface area contributed by atoms with Gasteiger partial charge in [-0.15, -0.1) is 0 Å². The van der Waals surface area contributed by atoms with E-state index in [4.69, 9.17) is 32.4 Å². The van der Waals surface area contributed by atoms with E-state index in [1.165, 1.54) is 19.2 Å². The molecule has 0 bridgehead atoms. The Bertz CT molecular complexity index is 1900. The predicted octanol–water partition coefficient (Wildman–Crippen LogP) is 5.85. The molecule has 0 amide bonds. The molecule has 202 valence electrons. The zero-order valence-corrected chi connectivity index (χ0v) is 22.3. The lowest BCUT2D eigenvalue weighted by Gasteiger charge is -2.14. The minimum atomic E-state index is -1.15. The molecule has 0 aliphatic rings. The van der Waals surface area contributed by atoms with Gasteiger partial charge in [-0.1, -0.05) is 35.3 Å². The number of rotatable bonds is 7. The lowest BCUT2D eigenvalue weighted by Crippen LogP contribution is -2.25. The SMILES string of the molecule is COC(=O)[C@H](C)Oc1c(Cl)cc(C=Nn2c(-c3cc4cc(Cl)ccc4o3)nc3ccccc3c2=O)cc1[N+](=O)[O-]. The number of nitro benzene ring substituents is 1. The van der Waals surface area contributed by atoms with Gasteiger partial charge in [0.1, 0.15) is 5.58 Å². The van der Waals surface area contributed by atoms with Crippen LogP contribution in [0, 0.1) is 10.1 Å². The van der Waals surface area contributed by atoms with Gasteiger partial charge >= 0.3 is 11.7 Å². The molecule has 40 heavy (non-hydrogen) atoms. The molecule has 0 aliphatic heterocycles. The van der Waals surface area contributed by atoms with Crippen molar-refractivity contribution in [3.63, 3.8) is 0 Å². The molecule has 0 unspecified atom stereocenters. The zero-order chi connectivity index (χ0) is 28.6. The third-order valence-electron chi connectivity index (χ3n) is 5.85. The number of fused-ring (bicyclic) bond motifs is 2. The van der Waals surface area contributed by atoms with Crippen molar-refractivity contribution in [1.82, 2.24) is 9.66 Å². The molecule has 11 nitrogen and oxygen atoms in total. The molecule has 2 heterocycles. The van der Waals surface area contributed by atoms with Gasteiger partial charge in [0.2, 0.25) is 11.6 Å². The third-order valence-corrected chi connectivity index (χ3v) is 6.36. The number of aromatic nitrogens is 2. The Balaban J connectivity index is 1.63. The Hall–Kier alpha value is -4.74. The summed E-state index contributed by atoms with van der Waals surface area (Å²) in [5.74, 6) is -0.700. The van der Waals surface area contributed by atoms with E-state index < -0.39 is 28.2 Å². The fraction of sp³-hybridized carbons (Fsp3) is 0.111. The Morgan fingerprint density at radius 2 is 1.95 bits per heavy atom. The van der Waals surface area contributed by atoms with E-state index in [-0.39, 0.29) is 27.9 Å². The summed E-state index contributed by atoms with van der Waals surface area (Å²) >= 11 is 12.4. The topological polar surface area (TPSA) is 139 Å². The molecule has 13 heteroatoms. The van der Waals surface area contributed by atoms with Crippen LogP contribution in [0.25, 0.3) is 33.5 Å². The van der Waals surface area contributed by atoms with E-state index in [2.05, 4.69) is 14.8 Å². The second-order valence-electron chi connectivity index (χ2n) is 8.50. The first-order valence-corrected chi connectivity index (χ1v) is 12.4. The van der Waals surface area contributed by atoms with Crippen molar-refractivity contribution in [2.75, 3.05) is 7.11 Å². The lowest BCUT2D eigenvalue weighted by atomic mass is 10.2. The number of methoxy groups -OCH3 is 1. The van der Waals surface area contributed by atoms with Crippen molar-refractivity contribution in [3.8, 4) is 17.3 Å². The van der Waals surface area contributed by atoms with E-state index in [9.17, 15) is 19.7 Å². The Kier molecular flexibility index (Phi) is 7.24. The maximum Gasteiger partial charge on any atom is 0.346 e. The van der Waals surface area contributed by atoms with E-state index in [0.29, 0.717) is 26.9 Å². The molecular weight excluding hydrogens is 563 g/mol. The molecule has 0 saturated carbocycles. The summed E-state index contributed by atoms with van der Waals surface area (Å²) in [5, 5.41) is 17.4. The zero-order valence-electron chi connectivity index (χ0n) is 20.8. The highest BCUT2D eigenvalue weighted by Gasteiger charge is 2.25. The summed E-state index contributed by atoms with van der Waals surface area (Å²) in [5.41, 5.74) is 0.117. The average molecular weight is 581 g/mol. The van der Waals surface area contributed by atoms with Crippen molar-refractivity contribution < 1.29 is 23.6 Å². The number of ether oxygens (including phenoxy) is 2. The van der Waals surface area contributed by atoms with Crippen LogP contribution in [0.15, 0.2) is 75.0 Å². The molecule has 5 aromatic rings. The monoisotopic (exact) mass is 580 g/mol. The fourth-order valence-corrected chi connectivity index (χ4v) is 4.40. The molecule has 0 N–H and O–H groups in total. The van der Waals surface area contributed by atoms with Crippen LogP contribution >= 0.6 is 23.2 Å².